The number of H-pyrrole nitrogens is 1. The first-order chi connectivity index (χ1) is 14.9. The number of nitrogens with one attached hydrogen (secondary N) is 2. The lowest BCUT2D eigenvalue weighted by atomic mass is 9.79. The number of aliphatic hydroxyl groups excluding tert-OH is 1. The number of fused-ring (bicyclic) bond motifs is 1. The van der Waals surface area contributed by atoms with Gasteiger partial charge in [0.05, 0.1) is 6.61 Å². The highest BCUT2D eigenvalue weighted by atomic mass is 35.5. The van der Waals surface area contributed by atoms with Gasteiger partial charge in [-0.05, 0) is 81.9 Å². The molecule has 0 saturated carbocycles. The van der Waals surface area contributed by atoms with Gasteiger partial charge in [0.1, 0.15) is 11.7 Å². The van der Waals surface area contributed by atoms with Crippen molar-refractivity contribution in [3.63, 3.8) is 0 Å². The van der Waals surface area contributed by atoms with Gasteiger partial charge in [0, 0.05) is 29.0 Å². The maximum Gasteiger partial charge on any atom is 0.268 e. The Bertz CT molecular complexity index is 934. The number of hydrogen-bond donors (Lipinski definition) is 3. The van der Waals surface area contributed by atoms with Gasteiger partial charge in [0.2, 0.25) is 5.91 Å². The Hall–Kier alpha value is -1.80. The fourth-order valence-corrected chi connectivity index (χ4v) is 5.14. The highest BCUT2D eigenvalue weighted by molar-refractivity contribution is 6.31. The summed E-state index contributed by atoms with van der Waals surface area (Å²) in [7, 11) is 2.17. The van der Waals surface area contributed by atoms with Crippen LogP contribution >= 0.6 is 24.0 Å². The van der Waals surface area contributed by atoms with E-state index < -0.39 is 18.6 Å². The number of aromatic amines is 1. The zero-order valence-corrected chi connectivity index (χ0v) is 19.9. The molecule has 0 spiro atoms. The van der Waals surface area contributed by atoms with E-state index in [-0.39, 0.29) is 18.3 Å². The van der Waals surface area contributed by atoms with Crippen molar-refractivity contribution in [3.05, 3.63) is 35.0 Å². The van der Waals surface area contributed by atoms with Crippen LogP contribution in [0, 0.1) is 11.8 Å². The summed E-state index contributed by atoms with van der Waals surface area (Å²) in [4.78, 5) is 32.8. The Labute approximate surface area is 199 Å². The molecule has 1 aromatic carbocycles. The SMILES string of the molecule is CN1CCC(C2CCN(C(=O)[C@@H](CO)NC(=O)c3cc4cc(Cl)ccc4[nH]3)CC2)CC1.Cl. The summed E-state index contributed by atoms with van der Waals surface area (Å²) in [6.07, 6.45) is 4.46. The third-order valence-electron chi connectivity index (χ3n) is 6.89. The molecule has 4 rings (SSSR count). The number of halogens is 2. The molecule has 1 aromatic heterocycles. The van der Waals surface area contributed by atoms with Crippen LogP contribution in [0.15, 0.2) is 24.3 Å². The fraction of sp³-hybridized carbons (Fsp3) is 0.565. The van der Waals surface area contributed by atoms with E-state index in [9.17, 15) is 14.7 Å². The van der Waals surface area contributed by atoms with Crippen LogP contribution in [0.5, 0.6) is 0 Å². The first-order valence-corrected chi connectivity index (χ1v) is 11.5. The maximum atomic E-state index is 13.0. The summed E-state index contributed by atoms with van der Waals surface area (Å²) in [6, 6.07) is 6.08. The second-order valence-electron chi connectivity index (χ2n) is 8.93. The van der Waals surface area contributed by atoms with Crippen molar-refractivity contribution in [2.75, 3.05) is 39.8 Å². The molecule has 2 fully saturated rings. The number of rotatable bonds is 5. The topological polar surface area (TPSA) is 88.7 Å². The Morgan fingerprint density at radius 1 is 1.12 bits per heavy atom. The molecule has 1 atom stereocenters. The number of likely N-dealkylation sites (tertiary alicyclic amines) is 2. The molecule has 32 heavy (non-hydrogen) atoms. The zero-order valence-electron chi connectivity index (χ0n) is 18.3. The van der Waals surface area contributed by atoms with Gasteiger partial charge in [0.25, 0.3) is 5.91 Å². The first kappa shape index (κ1) is 24.8. The molecule has 3 heterocycles. The molecule has 0 bridgehead atoms. The minimum atomic E-state index is -0.942. The lowest BCUT2D eigenvalue weighted by molar-refractivity contribution is -0.136. The van der Waals surface area contributed by atoms with Gasteiger partial charge in [-0.3, -0.25) is 9.59 Å². The molecule has 7 nitrogen and oxygen atoms in total. The van der Waals surface area contributed by atoms with E-state index in [1.54, 1.807) is 29.2 Å². The van der Waals surface area contributed by atoms with Crippen LogP contribution in [-0.2, 0) is 4.79 Å². The number of piperidine rings is 2. The van der Waals surface area contributed by atoms with E-state index in [0.717, 1.165) is 42.8 Å². The van der Waals surface area contributed by atoms with Crippen molar-refractivity contribution >= 4 is 46.7 Å². The molecule has 0 radical (unpaired) electrons. The van der Waals surface area contributed by atoms with Crippen LogP contribution in [0.1, 0.15) is 36.2 Å². The standard InChI is InChI=1S/C23H31ClN4O3.ClH/c1-27-8-4-15(5-9-27)16-6-10-28(11-7-16)23(31)21(14-29)26-22(30)20-13-17-12-18(24)2-3-19(17)25-20;/h2-3,12-13,15-16,21,25,29H,4-11,14H2,1H3,(H,26,30);1H/t21-;/m1./s1. The highest BCUT2D eigenvalue weighted by Gasteiger charge is 2.33. The molecule has 0 aliphatic carbocycles. The summed E-state index contributed by atoms with van der Waals surface area (Å²) in [6.45, 7) is 3.26. The molecular formula is C23H32Cl2N4O3. The third-order valence-corrected chi connectivity index (χ3v) is 7.13. The molecule has 176 valence electrons. The van der Waals surface area contributed by atoms with Crippen LogP contribution in [0.2, 0.25) is 5.02 Å². The van der Waals surface area contributed by atoms with E-state index in [2.05, 4.69) is 22.2 Å². The smallest absolute Gasteiger partial charge is 0.268 e. The van der Waals surface area contributed by atoms with Gasteiger partial charge >= 0.3 is 0 Å². The van der Waals surface area contributed by atoms with Crippen LogP contribution in [0.4, 0.5) is 0 Å². The predicted octanol–water partition coefficient (Wildman–Crippen LogP) is 2.91. The molecule has 2 saturated heterocycles. The third kappa shape index (κ3) is 5.57. The number of hydrogen-bond acceptors (Lipinski definition) is 4. The second kappa shape index (κ2) is 10.9. The lowest BCUT2D eigenvalue weighted by Crippen LogP contribution is -2.53. The Morgan fingerprint density at radius 3 is 2.38 bits per heavy atom. The summed E-state index contributed by atoms with van der Waals surface area (Å²) in [5.74, 6) is 0.785. The largest absolute Gasteiger partial charge is 0.394 e. The van der Waals surface area contributed by atoms with Crippen molar-refractivity contribution in [3.8, 4) is 0 Å². The summed E-state index contributed by atoms with van der Waals surface area (Å²) >= 11 is 6.01. The van der Waals surface area contributed by atoms with E-state index in [4.69, 9.17) is 11.6 Å². The molecule has 3 N–H and O–H groups in total. The fourth-order valence-electron chi connectivity index (χ4n) is 4.96. The average Bonchev–Trinajstić information content (AvgIpc) is 3.21. The van der Waals surface area contributed by atoms with Crippen molar-refractivity contribution in [1.29, 1.82) is 0 Å². The Kier molecular flexibility index (Phi) is 8.44. The van der Waals surface area contributed by atoms with Gasteiger partial charge in [0.15, 0.2) is 0 Å². The van der Waals surface area contributed by atoms with Crippen LogP contribution in [0.3, 0.4) is 0 Å². The molecule has 2 aliphatic rings. The van der Waals surface area contributed by atoms with Crippen LogP contribution in [-0.4, -0.2) is 77.6 Å². The number of amides is 2. The summed E-state index contributed by atoms with van der Waals surface area (Å²) in [5, 5.41) is 13.9. The van der Waals surface area contributed by atoms with Crippen LogP contribution in [0.25, 0.3) is 10.9 Å². The molecular weight excluding hydrogens is 451 g/mol. The van der Waals surface area contributed by atoms with Crippen molar-refractivity contribution in [2.24, 2.45) is 11.8 Å². The number of aliphatic hydroxyl groups is 1. The number of carbonyl (C=O) groups is 2. The molecule has 2 aromatic rings. The number of carbonyl (C=O) groups excluding carboxylic acids is 2. The molecule has 9 heteroatoms. The summed E-state index contributed by atoms with van der Waals surface area (Å²) < 4.78 is 0. The van der Waals surface area contributed by atoms with Gasteiger partial charge in [-0.2, -0.15) is 0 Å². The molecule has 2 aliphatic heterocycles. The molecule has 0 unspecified atom stereocenters. The van der Waals surface area contributed by atoms with Gasteiger partial charge < -0.3 is 25.2 Å². The minimum Gasteiger partial charge on any atom is -0.394 e. The van der Waals surface area contributed by atoms with Gasteiger partial charge in [-0.15, -0.1) is 12.4 Å². The quantitative estimate of drug-likeness (QED) is 0.611. The van der Waals surface area contributed by atoms with E-state index in [1.807, 2.05) is 0 Å². The Morgan fingerprint density at radius 2 is 1.75 bits per heavy atom. The average molecular weight is 483 g/mol. The van der Waals surface area contributed by atoms with E-state index in [1.165, 1.54) is 12.8 Å². The number of benzene rings is 1. The zero-order chi connectivity index (χ0) is 22.0. The van der Waals surface area contributed by atoms with Crippen LogP contribution < -0.4 is 5.32 Å². The van der Waals surface area contributed by atoms with Gasteiger partial charge in [-0.25, -0.2) is 0 Å². The summed E-state index contributed by atoms with van der Waals surface area (Å²) in [5.41, 5.74) is 1.13. The Balaban J connectivity index is 0.00000289. The molecule has 2 amide bonds. The van der Waals surface area contributed by atoms with E-state index >= 15 is 0 Å². The number of nitrogens with zero attached hydrogens (tertiary/aromatic N) is 2. The monoisotopic (exact) mass is 482 g/mol. The first-order valence-electron chi connectivity index (χ1n) is 11.1. The van der Waals surface area contributed by atoms with Crippen molar-refractivity contribution < 1.29 is 14.7 Å². The van der Waals surface area contributed by atoms with Crippen molar-refractivity contribution in [1.82, 2.24) is 20.1 Å². The highest BCUT2D eigenvalue weighted by Crippen LogP contribution is 2.32. The number of aromatic nitrogens is 1. The van der Waals surface area contributed by atoms with Crippen molar-refractivity contribution in [2.45, 2.75) is 31.7 Å². The maximum absolute atomic E-state index is 13.0. The lowest BCUT2D eigenvalue weighted by Gasteiger charge is -2.40. The minimum absolute atomic E-state index is 0. The van der Waals surface area contributed by atoms with Gasteiger partial charge in [-0.1, -0.05) is 11.6 Å². The predicted molar refractivity (Wildman–Crippen MR) is 128 cm³/mol. The second-order valence-corrected chi connectivity index (χ2v) is 9.36. The van der Waals surface area contributed by atoms with E-state index in [0.29, 0.717) is 29.7 Å². The normalized spacial score (nSPS) is 19.5.